The lowest BCUT2D eigenvalue weighted by atomic mass is 10.1. The number of hydrogen-bond acceptors (Lipinski definition) is 6. The van der Waals surface area contributed by atoms with Gasteiger partial charge in [0.25, 0.3) is 5.91 Å². The fourth-order valence-corrected chi connectivity index (χ4v) is 2.09. The van der Waals surface area contributed by atoms with E-state index in [0.29, 0.717) is 47.0 Å². The first-order valence-corrected chi connectivity index (χ1v) is 6.78. The number of oxazole rings is 1. The number of fused-ring (bicyclic) bond motifs is 1. The van der Waals surface area contributed by atoms with E-state index in [1.54, 1.807) is 36.5 Å². The lowest BCUT2D eigenvalue weighted by molar-refractivity contribution is 0.0955. The van der Waals surface area contributed by atoms with Gasteiger partial charge in [-0.3, -0.25) is 4.79 Å². The van der Waals surface area contributed by atoms with Crippen LogP contribution in [0.3, 0.4) is 0 Å². The van der Waals surface area contributed by atoms with Crippen molar-refractivity contribution in [3.8, 4) is 11.5 Å². The summed E-state index contributed by atoms with van der Waals surface area (Å²) >= 11 is 0. The number of nitrogens with two attached hydrogens (primary N) is 2. The van der Waals surface area contributed by atoms with Gasteiger partial charge in [-0.1, -0.05) is 0 Å². The highest BCUT2D eigenvalue weighted by molar-refractivity contribution is 5.96. The Morgan fingerprint density at radius 1 is 1.32 bits per heavy atom. The van der Waals surface area contributed by atoms with E-state index in [1.165, 1.54) is 0 Å². The molecule has 0 aliphatic carbocycles. The van der Waals surface area contributed by atoms with E-state index in [0.717, 1.165) is 0 Å². The molecular formula is C15H15N5O2. The van der Waals surface area contributed by atoms with Gasteiger partial charge in [-0.2, -0.15) is 4.98 Å². The molecule has 0 radical (unpaired) electrons. The molecule has 0 saturated carbocycles. The maximum absolute atomic E-state index is 12.0. The van der Waals surface area contributed by atoms with Crippen molar-refractivity contribution in [2.45, 2.75) is 0 Å². The number of hydrogen-bond donors (Lipinski definition) is 3. The lowest BCUT2D eigenvalue weighted by Gasteiger charge is -2.06. The van der Waals surface area contributed by atoms with Gasteiger partial charge in [0.05, 0.1) is 0 Å². The van der Waals surface area contributed by atoms with Crippen molar-refractivity contribution >= 4 is 22.8 Å². The molecule has 3 aromatic rings. The third kappa shape index (κ3) is 2.75. The maximum Gasteiger partial charge on any atom is 0.251 e. The Morgan fingerprint density at radius 2 is 2.18 bits per heavy atom. The predicted molar refractivity (Wildman–Crippen MR) is 83.0 cm³/mol. The van der Waals surface area contributed by atoms with Crippen molar-refractivity contribution in [3.63, 3.8) is 0 Å². The van der Waals surface area contributed by atoms with Crippen LogP contribution in [0.1, 0.15) is 10.4 Å². The molecule has 0 fully saturated rings. The van der Waals surface area contributed by atoms with Crippen molar-refractivity contribution < 1.29 is 9.21 Å². The lowest BCUT2D eigenvalue weighted by Crippen LogP contribution is -2.29. The van der Waals surface area contributed by atoms with Crippen LogP contribution in [0.15, 0.2) is 40.9 Å². The highest BCUT2D eigenvalue weighted by Gasteiger charge is 2.13. The largest absolute Gasteiger partial charge is 0.434 e. The number of pyridine rings is 1. The fourth-order valence-electron chi connectivity index (χ4n) is 2.09. The van der Waals surface area contributed by atoms with E-state index in [1.807, 2.05) is 0 Å². The quantitative estimate of drug-likeness (QED) is 0.621. The predicted octanol–water partition coefficient (Wildman–Crippen LogP) is 1.16. The number of nitrogens with zero attached hydrogens (tertiary/aromatic N) is 2. The van der Waals surface area contributed by atoms with Crippen LogP contribution in [-0.2, 0) is 0 Å². The average Bonchev–Trinajstić information content (AvgIpc) is 2.96. The van der Waals surface area contributed by atoms with Gasteiger partial charge >= 0.3 is 0 Å². The van der Waals surface area contributed by atoms with E-state index >= 15 is 0 Å². The van der Waals surface area contributed by atoms with Crippen LogP contribution in [0, 0.1) is 0 Å². The number of amides is 1. The van der Waals surface area contributed by atoms with E-state index < -0.39 is 0 Å². The first-order valence-electron chi connectivity index (χ1n) is 6.78. The third-order valence-corrected chi connectivity index (χ3v) is 3.06. The Bertz CT molecular complexity index is 795. The molecule has 22 heavy (non-hydrogen) atoms. The van der Waals surface area contributed by atoms with Crippen LogP contribution in [0.2, 0.25) is 0 Å². The van der Waals surface area contributed by atoms with Crippen LogP contribution in [0.25, 0.3) is 22.7 Å². The monoisotopic (exact) mass is 297 g/mol. The van der Waals surface area contributed by atoms with Gasteiger partial charge < -0.3 is 21.2 Å². The summed E-state index contributed by atoms with van der Waals surface area (Å²) in [5.74, 6) is 0.127. The normalized spacial score (nSPS) is 10.8. The van der Waals surface area contributed by atoms with Gasteiger partial charge in [0, 0.05) is 36.1 Å². The number of carbonyl (C=O) groups excluding carboxylic acids is 1. The molecule has 7 nitrogen and oxygen atoms in total. The summed E-state index contributed by atoms with van der Waals surface area (Å²) in [5.41, 5.74) is 13.8. The summed E-state index contributed by atoms with van der Waals surface area (Å²) < 4.78 is 5.64. The second kappa shape index (κ2) is 5.82. The summed E-state index contributed by atoms with van der Waals surface area (Å²) in [7, 11) is 0. The van der Waals surface area contributed by atoms with E-state index in [2.05, 4.69) is 15.3 Å². The van der Waals surface area contributed by atoms with Crippen LogP contribution in [0.5, 0.6) is 0 Å². The zero-order valence-corrected chi connectivity index (χ0v) is 11.7. The molecule has 1 amide bonds. The van der Waals surface area contributed by atoms with Gasteiger partial charge in [0.2, 0.25) is 5.89 Å². The smallest absolute Gasteiger partial charge is 0.251 e. The summed E-state index contributed by atoms with van der Waals surface area (Å²) in [6, 6.07) is 8.51. The highest BCUT2D eigenvalue weighted by atomic mass is 16.3. The maximum atomic E-state index is 12.0. The first-order chi connectivity index (χ1) is 10.7. The van der Waals surface area contributed by atoms with Crippen LogP contribution < -0.4 is 16.8 Å². The molecule has 1 aromatic carbocycles. The molecule has 0 atom stereocenters. The zero-order valence-electron chi connectivity index (χ0n) is 11.7. The molecule has 3 rings (SSSR count). The van der Waals surface area contributed by atoms with E-state index in [-0.39, 0.29) is 5.91 Å². The summed E-state index contributed by atoms with van der Waals surface area (Å²) in [5, 5.41) is 2.70. The Morgan fingerprint density at radius 3 is 2.95 bits per heavy atom. The fraction of sp³-hybridized carbons (Fsp3) is 0.133. The molecule has 5 N–H and O–H groups in total. The summed E-state index contributed by atoms with van der Waals surface area (Å²) in [6.07, 6.45) is 1.64. The Kier molecular flexibility index (Phi) is 3.71. The van der Waals surface area contributed by atoms with Crippen molar-refractivity contribution in [1.82, 2.24) is 15.3 Å². The van der Waals surface area contributed by atoms with Gasteiger partial charge in [-0.25, -0.2) is 4.98 Å². The molecule has 0 aliphatic heterocycles. The molecule has 0 aliphatic rings. The molecule has 2 heterocycles. The Labute approximate surface area is 126 Å². The van der Waals surface area contributed by atoms with Crippen LogP contribution in [0.4, 0.5) is 5.69 Å². The molecule has 0 bridgehead atoms. The van der Waals surface area contributed by atoms with Gasteiger partial charge in [0.1, 0.15) is 0 Å². The van der Waals surface area contributed by atoms with Crippen LogP contribution in [-0.4, -0.2) is 29.0 Å². The molecule has 7 heteroatoms. The van der Waals surface area contributed by atoms with Gasteiger partial charge in [0.15, 0.2) is 11.2 Å². The standard InChI is InChI=1S/C15H15N5O2/c16-3-5-19-14(21)9-6-10(8-11(17)7-9)15-20-13-12(22-15)2-1-4-18-13/h1-2,4,6-8H,3,5,16-17H2,(H,19,21). The Balaban J connectivity index is 1.99. The molecule has 0 unspecified atom stereocenters. The number of nitrogens with one attached hydrogen (secondary N) is 1. The summed E-state index contributed by atoms with van der Waals surface area (Å²) in [4.78, 5) is 20.4. The van der Waals surface area contributed by atoms with E-state index in [9.17, 15) is 4.79 Å². The van der Waals surface area contributed by atoms with Crippen molar-refractivity contribution in [3.05, 3.63) is 42.1 Å². The van der Waals surface area contributed by atoms with Crippen LogP contribution >= 0.6 is 0 Å². The van der Waals surface area contributed by atoms with Crippen molar-refractivity contribution in [2.75, 3.05) is 18.8 Å². The van der Waals surface area contributed by atoms with Crippen molar-refractivity contribution in [1.29, 1.82) is 0 Å². The second-order valence-corrected chi connectivity index (χ2v) is 4.73. The van der Waals surface area contributed by atoms with Crippen molar-refractivity contribution in [2.24, 2.45) is 5.73 Å². The average molecular weight is 297 g/mol. The number of aromatic nitrogens is 2. The molecule has 0 spiro atoms. The number of rotatable bonds is 4. The zero-order chi connectivity index (χ0) is 15.5. The topological polar surface area (TPSA) is 120 Å². The Hall–Kier alpha value is -2.93. The summed E-state index contributed by atoms with van der Waals surface area (Å²) in [6.45, 7) is 0.771. The minimum absolute atomic E-state index is 0.242. The third-order valence-electron chi connectivity index (χ3n) is 3.06. The van der Waals surface area contributed by atoms with E-state index in [4.69, 9.17) is 15.9 Å². The minimum atomic E-state index is -0.242. The molecule has 0 saturated heterocycles. The number of benzene rings is 1. The second-order valence-electron chi connectivity index (χ2n) is 4.73. The minimum Gasteiger partial charge on any atom is -0.434 e. The molecule has 112 valence electrons. The number of nitrogen functional groups attached to an aromatic ring is 1. The number of anilines is 1. The first kappa shape index (κ1) is 14.0. The molecular weight excluding hydrogens is 282 g/mol. The highest BCUT2D eigenvalue weighted by Crippen LogP contribution is 2.26. The number of carbonyl (C=O) groups is 1. The van der Waals surface area contributed by atoms with Gasteiger partial charge in [-0.05, 0) is 30.3 Å². The molecule has 2 aromatic heterocycles. The SMILES string of the molecule is NCCNC(=O)c1cc(N)cc(-c2nc3ncccc3o2)c1. The van der Waals surface area contributed by atoms with Gasteiger partial charge in [-0.15, -0.1) is 0 Å².